The van der Waals surface area contributed by atoms with Crippen LogP contribution in [0.25, 0.3) is 0 Å². The normalized spacial score (nSPS) is 10.3. The molecule has 0 saturated heterocycles. The third-order valence-corrected chi connectivity index (χ3v) is 3.22. The predicted octanol–water partition coefficient (Wildman–Crippen LogP) is 3.84. The van der Waals surface area contributed by atoms with E-state index in [1.807, 2.05) is 62.4 Å². The number of urea groups is 1. The van der Waals surface area contributed by atoms with E-state index in [4.69, 9.17) is 4.74 Å². The van der Waals surface area contributed by atoms with E-state index in [-0.39, 0.29) is 12.1 Å². The zero-order valence-electron chi connectivity index (χ0n) is 13.7. The third kappa shape index (κ3) is 5.54. The van der Waals surface area contributed by atoms with Crippen molar-refractivity contribution in [3.63, 3.8) is 0 Å². The summed E-state index contributed by atoms with van der Waals surface area (Å²) in [7, 11) is 1.66. The van der Waals surface area contributed by atoms with Gasteiger partial charge in [0.05, 0.1) is 7.11 Å². The van der Waals surface area contributed by atoms with Crippen LogP contribution in [-0.2, 0) is 6.54 Å². The van der Waals surface area contributed by atoms with Gasteiger partial charge in [-0.2, -0.15) is 0 Å². The first-order valence-corrected chi connectivity index (χ1v) is 7.61. The minimum atomic E-state index is -0.195. The Morgan fingerprint density at radius 1 is 1.00 bits per heavy atom. The Balaban J connectivity index is 1.85. The Hall–Kier alpha value is -2.69. The van der Waals surface area contributed by atoms with Crippen LogP contribution < -0.4 is 20.7 Å². The van der Waals surface area contributed by atoms with Gasteiger partial charge in [-0.05, 0) is 55.8 Å². The molecule has 0 aliphatic heterocycles. The van der Waals surface area contributed by atoms with Gasteiger partial charge in [-0.25, -0.2) is 4.79 Å². The van der Waals surface area contributed by atoms with Gasteiger partial charge in [-0.3, -0.25) is 0 Å². The number of benzene rings is 2. The summed E-state index contributed by atoms with van der Waals surface area (Å²) in [4.78, 5) is 11.6. The molecule has 2 aromatic rings. The predicted molar refractivity (Wildman–Crippen MR) is 94.1 cm³/mol. The Morgan fingerprint density at radius 2 is 1.61 bits per heavy atom. The Labute approximate surface area is 137 Å². The summed E-state index contributed by atoms with van der Waals surface area (Å²) >= 11 is 0. The molecule has 0 atom stereocenters. The van der Waals surface area contributed by atoms with Gasteiger partial charge in [-0.1, -0.05) is 12.1 Å². The Morgan fingerprint density at radius 3 is 2.17 bits per heavy atom. The standard InChI is InChI=1S/C18H23N3O2/c1-13(2)20-18(22)21-16-8-6-15(7-9-16)19-12-14-4-10-17(23-3)11-5-14/h4-11,13,19H,12H2,1-3H3,(H2,20,21,22). The van der Waals surface area contributed by atoms with Gasteiger partial charge >= 0.3 is 6.03 Å². The van der Waals surface area contributed by atoms with E-state index in [1.54, 1.807) is 7.11 Å². The van der Waals surface area contributed by atoms with Crippen LogP contribution in [0.15, 0.2) is 48.5 Å². The summed E-state index contributed by atoms with van der Waals surface area (Å²) in [5, 5.41) is 8.92. The van der Waals surface area contributed by atoms with Gasteiger partial charge in [0.25, 0.3) is 0 Å². The second-order valence-corrected chi connectivity index (χ2v) is 5.53. The number of anilines is 2. The quantitative estimate of drug-likeness (QED) is 0.759. The molecule has 0 aliphatic rings. The molecule has 0 heterocycles. The number of ether oxygens (including phenoxy) is 1. The van der Waals surface area contributed by atoms with Crippen molar-refractivity contribution in [1.82, 2.24) is 5.32 Å². The zero-order chi connectivity index (χ0) is 16.7. The number of methoxy groups -OCH3 is 1. The summed E-state index contributed by atoms with van der Waals surface area (Å²) in [6.07, 6.45) is 0. The highest BCUT2D eigenvalue weighted by molar-refractivity contribution is 5.89. The first kappa shape index (κ1) is 16.7. The molecule has 0 unspecified atom stereocenters. The molecule has 3 N–H and O–H groups in total. The van der Waals surface area contributed by atoms with Gasteiger partial charge in [0.15, 0.2) is 0 Å². The second-order valence-electron chi connectivity index (χ2n) is 5.53. The first-order valence-electron chi connectivity index (χ1n) is 7.61. The molecule has 0 aromatic heterocycles. The van der Waals surface area contributed by atoms with Crippen LogP contribution in [-0.4, -0.2) is 19.2 Å². The van der Waals surface area contributed by atoms with Crippen LogP contribution in [0.2, 0.25) is 0 Å². The maximum Gasteiger partial charge on any atom is 0.319 e. The van der Waals surface area contributed by atoms with Crippen molar-refractivity contribution < 1.29 is 9.53 Å². The summed E-state index contributed by atoms with van der Waals surface area (Å²) in [5.41, 5.74) is 2.93. The van der Waals surface area contributed by atoms with Crippen molar-refractivity contribution in [3.05, 3.63) is 54.1 Å². The fourth-order valence-corrected chi connectivity index (χ4v) is 2.05. The number of amides is 2. The molecule has 122 valence electrons. The van der Waals surface area contributed by atoms with Crippen molar-refractivity contribution in [1.29, 1.82) is 0 Å². The van der Waals surface area contributed by atoms with Crippen molar-refractivity contribution in [2.24, 2.45) is 0 Å². The van der Waals surface area contributed by atoms with E-state index in [1.165, 1.54) is 5.56 Å². The summed E-state index contributed by atoms with van der Waals surface area (Å²) in [6.45, 7) is 4.57. The zero-order valence-corrected chi connectivity index (χ0v) is 13.7. The summed E-state index contributed by atoms with van der Waals surface area (Å²) in [6, 6.07) is 15.5. The minimum absolute atomic E-state index is 0.112. The highest BCUT2D eigenvalue weighted by Gasteiger charge is 2.03. The SMILES string of the molecule is COc1ccc(CNc2ccc(NC(=O)NC(C)C)cc2)cc1. The molecule has 23 heavy (non-hydrogen) atoms. The fourth-order valence-electron chi connectivity index (χ4n) is 2.05. The minimum Gasteiger partial charge on any atom is -0.497 e. The van der Waals surface area contributed by atoms with Crippen molar-refractivity contribution in [2.75, 3.05) is 17.7 Å². The number of rotatable bonds is 6. The average molecular weight is 313 g/mol. The highest BCUT2D eigenvalue weighted by Crippen LogP contribution is 2.16. The molecule has 0 radical (unpaired) electrons. The average Bonchev–Trinajstić information content (AvgIpc) is 2.54. The number of hydrogen-bond acceptors (Lipinski definition) is 3. The lowest BCUT2D eigenvalue weighted by molar-refractivity contribution is 0.250. The molecule has 2 amide bonds. The molecular formula is C18H23N3O2. The fraction of sp³-hybridized carbons (Fsp3) is 0.278. The van der Waals surface area contributed by atoms with Gasteiger partial charge in [0.1, 0.15) is 5.75 Å². The van der Waals surface area contributed by atoms with Crippen LogP contribution in [0.5, 0.6) is 5.75 Å². The largest absolute Gasteiger partial charge is 0.497 e. The van der Waals surface area contributed by atoms with Gasteiger partial charge in [0.2, 0.25) is 0 Å². The summed E-state index contributed by atoms with van der Waals surface area (Å²) < 4.78 is 5.14. The monoisotopic (exact) mass is 313 g/mol. The van der Waals surface area contributed by atoms with E-state index >= 15 is 0 Å². The van der Waals surface area contributed by atoms with Crippen LogP contribution in [0.3, 0.4) is 0 Å². The molecule has 0 spiro atoms. The lowest BCUT2D eigenvalue weighted by Crippen LogP contribution is -2.34. The van der Waals surface area contributed by atoms with Crippen LogP contribution in [0.4, 0.5) is 16.2 Å². The molecule has 2 rings (SSSR count). The third-order valence-electron chi connectivity index (χ3n) is 3.22. The van der Waals surface area contributed by atoms with Crippen molar-refractivity contribution >= 4 is 17.4 Å². The van der Waals surface area contributed by atoms with E-state index in [0.717, 1.165) is 23.7 Å². The maximum atomic E-state index is 11.6. The molecular weight excluding hydrogens is 290 g/mol. The highest BCUT2D eigenvalue weighted by atomic mass is 16.5. The van der Waals surface area contributed by atoms with Crippen LogP contribution >= 0.6 is 0 Å². The molecule has 5 heteroatoms. The van der Waals surface area contributed by atoms with Crippen molar-refractivity contribution in [3.8, 4) is 5.75 Å². The molecule has 0 aliphatic carbocycles. The van der Waals surface area contributed by atoms with E-state index in [0.29, 0.717) is 0 Å². The second kappa shape index (κ2) is 8.08. The number of carbonyl (C=O) groups excluding carboxylic acids is 1. The van der Waals surface area contributed by atoms with E-state index in [9.17, 15) is 4.79 Å². The van der Waals surface area contributed by atoms with Crippen molar-refractivity contribution in [2.45, 2.75) is 26.4 Å². The Bertz CT molecular complexity index is 622. The molecule has 0 bridgehead atoms. The molecule has 0 saturated carbocycles. The number of carbonyl (C=O) groups is 1. The molecule has 0 fully saturated rings. The number of nitrogens with one attached hydrogen (secondary N) is 3. The summed E-state index contributed by atoms with van der Waals surface area (Å²) in [5.74, 6) is 0.851. The van der Waals surface area contributed by atoms with Gasteiger partial charge in [-0.15, -0.1) is 0 Å². The first-order chi connectivity index (χ1) is 11.1. The van der Waals surface area contributed by atoms with Crippen LogP contribution in [0.1, 0.15) is 19.4 Å². The number of hydrogen-bond donors (Lipinski definition) is 3. The topological polar surface area (TPSA) is 62.4 Å². The van der Waals surface area contributed by atoms with E-state index < -0.39 is 0 Å². The lowest BCUT2D eigenvalue weighted by Gasteiger charge is -2.11. The smallest absolute Gasteiger partial charge is 0.319 e. The lowest BCUT2D eigenvalue weighted by atomic mass is 10.2. The van der Waals surface area contributed by atoms with E-state index in [2.05, 4.69) is 16.0 Å². The van der Waals surface area contributed by atoms with Gasteiger partial charge < -0.3 is 20.7 Å². The molecule has 2 aromatic carbocycles. The van der Waals surface area contributed by atoms with Crippen LogP contribution in [0, 0.1) is 0 Å². The van der Waals surface area contributed by atoms with Gasteiger partial charge in [0, 0.05) is 24.0 Å². The Kier molecular flexibility index (Phi) is 5.86. The maximum absolute atomic E-state index is 11.6. The molecule has 5 nitrogen and oxygen atoms in total.